The molecule has 0 bridgehead atoms. The normalized spacial score (nSPS) is 11.4. The third kappa shape index (κ3) is 4.27. The average molecular weight is 274 g/mol. The Morgan fingerprint density at radius 2 is 2.17 bits per heavy atom. The predicted molar refractivity (Wildman–Crippen MR) is 69.4 cm³/mol. The highest BCUT2D eigenvalue weighted by atomic mass is 35.5. The summed E-state index contributed by atoms with van der Waals surface area (Å²) in [5, 5.41) is 2.95. The van der Waals surface area contributed by atoms with Gasteiger partial charge < -0.3 is 10.1 Å². The summed E-state index contributed by atoms with van der Waals surface area (Å²) in [7, 11) is 0. The van der Waals surface area contributed by atoms with Gasteiger partial charge in [0.1, 0.15) is 5.82 Å². The second-order valence-electron chi connectivity index (χ2n) is 4.50. The van der Waals surface area contributed by atoms with Crippen molar-refractivity contribution in [2.45, 2.75) is 26.4 Å². The van der Waals surface area contributed by atoms with Crippen LogP contribution in [0.4, 0.5) is 4.39 Å². The topological polar surface area (TPSA) is 38.3 Å². The number of hydrogen-bond acceptors (Lipinski definition) is 2. The van der Waals surface area contributed by atoms with Crippen LogP contribution in [-0.2, 0) is 4.74 Å². The SMILES string of the molecule is CCOC(C)(C)CNC(=O)c1cc(Cl)ccc1F. The first-order valence-corrected chi connectivity index (χ1v) is 6.11. The van der Waals surface area contributed by atoms with E-state index in [4.69, 9.17) is 16.3 Å². The van der Waals surface area contributed by atoms with E-state index in [0.29, 0.717) is 18.2 Å². The van der Waals surface area contributed by atoms with Gasteiger partial charge in [0.05, 0.1) is 11.2 Å². The molecule has 3 nitrogen and oxygen atoms in total. The molecule has 1 rings (SSSR count). The molecule has 0 aliphatic rings. The Balaban J connectivity index is 2.69. The highest BCUT2D eigenvalue weighted by molar-refractivity contribution is 6.30. The summed E-state index contributed by atoms with van der Waals surface area (Å²) in [6.07, 6.45) is 0. The number of ether oxygens (including phenoxy) is 1. The number of benzene rings is 1. The molecule has 100 valence electrons. The first-order chi connectivity index (χ1) is 8.35. The van der Waals surface area contributed by atoms with Crippen molar-refractivity contribution in [2.75, 3.05) is 13.2 Å². The van der Waals surface area contributed by atoms with Crippen LogP contribution in [0.25, 0.3) is 0 Å². The summed E-state index contributed by atoms with van der Waals surface area (Å²) in [6.45, 7) is 6.43. The van der Waals surface area contributed by atoms with Crippen molar-refractivity contribution in [3.63, 3.8) is 0 Å². The predicted octanol–water partition coefficient (Wildman–Crippen LogP) is 3.02. The van der Waals surface area contributed by atoms with E-state index >= 15 is 0 Å². The summed E-state index contributed by atoms with van der Waals surface area (Å²) in [5.74, 6) is -1.09. The van der Waals surface area contributed by atoms with E-state index in [1.165, 1.54) is 18.2 Å². The first kappa shape index (κ1) is 14.9. The number of hydrogen-bond donors (Lipinski definition) is 1. The summed E-state index contributed by atoms with van der Waals surface area (Å²) < 4.78 is 18.9. The maximum atomic E-state index is 13.4. The largest absolute Gasteiger partial charge is 0.374 e. The van der Waals surface area contributed by atoms with Crippen LogP contribution in [0.1, 0.15) is 31.1 Å². The van der Waals surface area contributed by atoms with E-state index < -0.39 is 17.3 Å². The lowest BCUT2D eigenvalue weighted by Gasteiger charge is -2.24. The lowest BCUT2D eigenvalue weighted by atomic mass is 10.1. The molecule has 0 aliphatic carbocycles. The van der Waals surface area contributed by atoms with E-state index in [-0.39, 0.29) is 5.56 Å². The third-order valence-electron chi connectivity index (χ3n) is 2.38. The van der Waals surface area contributed by atoms with E-state index in [0.717, 1.165) is 0 Å². The van der Waals surface area contributed by atoms with Crippen molar-refractivity contribution in [3.05, 3.63) is 34.6 Å². The standard InChI is InChI=1S/C13H17ClFNO2/c1-4-18-13(2,3)8-16-12(17)10-7-9(14)5-6-11(10)15/h5-7H,4,8H2,1-3H3,(H,16,17). The molecule has 0 saturated carbocycles. The minimum absolute atomic E-state index is 0.0604. The zero-order valence-corrected chi connectivity index (χ0v) is 11.5. The number of rotatable bonds is 5. The van der Waals surface area contributed by atoms with Gasteiger partial charge in [-0.3, -0.25) is 4.79 Å². The van der Waals surface area contributed by atoms with E-state index in [1.54, 1.807) is 0 Å². The fraction of sp³-hybridized carbons (Fsp3) is 0.462. The Bertz CT molecular complexity index is 435. The molecule has 0 heterocycles. The first-order valence-electron chi connectivity index (χ1n) is 5.73. The highest BCUT2D eigenvalue weighted by Gasteiger charge is 2.20. The fourth-order valence-electron chi connectivity index (χ4n) is 1.50. The van der Waals surface area contributed by atoms with Crippen LogP contribution >= 0.6 is 11.6 Å². The summed E-state index contributed by atoms with van der Waals surface area (Å²) >= 11 is 5.73. The van der Waals surface area contributed by atoms with Gasteiger partial charge in [0.2, 0.25) is 0 Å². The lowest BCUT2D eigenvalue weighted by molar-refractivity contribution is -0.00818. The summed E-state index contributed by atoms with van der Waals surface area (Å²) in [5.41, 5.74) is -0.547. The maximum absolute atomic E-state index is 13.4. The highest BCUT2D eigenvalue weighted by Crippen LogP contribution is 2.15. The van der Waals surface area contributed by atoms with Crippen LogP contribution in [-0.4, -0.2) is 24.7 Å². The van der Waals surface area contributed by atoms with Crippen molar-refractivity contribution in [1.29, 1.82) is 0 Å². The van der Waals surface area contributed by atoms with Crippen molar-refractivity contribution < 1.29 is 13.9 Å². The van der Waals surface area contributed by atoms with Crippen LogP contribution in [0, 0.1) is 5.82 Å². The Morgan fingerprint density at radius 1 is 1.50 bits per heavy atom. The second-order valence-corrected chi connectivity index (χ2v) is 4.94. The average Bonchev–Trinajstić information content (AvgIpc) is 2.29. The Morgan fingerprint density at radius 3 is 2.78 bits per heavy atom. The molecule has 0 radical (unpaired) electrons. The zero-order chi connectivity index (χ0) is 13.8. The van der Waals surface area contributed by atoms with E-state index in [9.17, 15) is 9.18 Å². The van der Waals surface area contributed by atoms with Crippen LogP contribution in [0.3, 0.4) is 0 Å². The number of nitrogens with one attached hydrogen (secondary N) is 1. The van der Waals surface area contributed by atoms with Gasteiger partial charge in [0.15, 0.2) is 0 Å². The number of carbonyl (C=O) groups is 1. The smallest absolute Gasteiger partial charge is 0.254 e. The molecule has 1 amide bonds. The van der Waals surface area contributed by atoms with Crippen LogP contribution in [0.5, 0.6) is 0 Å². The minimum Gasteiger partial charge on any atom is -0.374 e. The van der Waals surface area contributed by atoms with Gasteiger partial charge in [-0.25, -0.2) is 4.39 Å². The van der Waals surface area contributed by atoms with Crippen LogP contribution in [0.2, 0.25) is 5.02 Å². The molecule has 1 aromatic carbocycles. The molecular weight excluding hydrogens is 257 g/mol. The summed E-state index contributed by atoms with van der Waals surface area (Å²) in [4.78, 5) is 11.8. The fourth-order valence-corrected chi connectivity index (χ4v) is 1.67. The van der Waals surface area contributed by atoms with Crippen molar-refractivity contribution in [3.8, 4) is 0 Å². The monoisotopic (exact) mass is 273 g/mol. The van der Waals surface area contributed by atoms with E-state index in [2.05, 4.69) is 5.32 Å². The number of amides is 1. The molecule has 0 unspecified atom stereocenters. The van der Waals surface area contributed by atoms with Crippen molar-refractivity contribution in [2.24, 2.45) is 0 Å². The number of carbonyl (C=O) groups excluding carboxylic acids is 1. The van der Waals surface area contributed by atoms with Gasteiger partial charge in [-0.1, -0.05) is 11.6 Å². The van der Waals surface area contributed by atoms with Gasteiger partial charge in [0.25, 0.3) is 5.91 Å². The van der Waals surface area contributed by atoms with Gasteiger partial charge >= 0.3 is 0 Å². The lowest BCUT2D eigenvalue weighted by Crippen LogP contribution is -2.40. The molecule has 5 heteroatoms. The molecule has 1 N–H and O–H groups in total. The minimum atomic E-state index is -0.592. The Labute approximate surface area is 111 Å². The molecular formula is C13H17ClFNO2. The van der Waals surface area contributed by atoms with Crippen molar-refractivity contribution in [1.82, 2.24) is 5.32 Å². The quantitative estimate of drug-likeness (QED) is 0.896. The molecule has 0 atom stereocenters. The molecule has 18 heavy (non-hydrogen) atoms. The maximum Gasteiger partial charge on any atom is 0.254 e. The van der Waals surface area contributed by atoms with E-state index in [1.807, 2.05) is 20.8 Å². The molecule has 1 aromatic rings. The third-order valence-corrected chi connectivity index (χ3v) is 2.62. The van der Waals surface area contributed by atoms with Gasteiger partial charge in [0, 0.05) is 18.2 Å². The molecule has 0 fully saturated rings. The molecule has 0 saturated heterocycles. The van der Waals surface area contributed by atoms with Crippen LogP contribution in [0.15, 0.2) is 18.2 Å². The second kappa shape index (κ2) is 6.16. The molecule has 0 aliphatic heterocycles. The van der Waals surface area contributed by atoms with Crippen molar-refractivity contribution >= 4 is 17.5 Å². The Kier molecular flexibility index (Phi) is 5.11. The number of halogens is 2. The van der Waals surface area contributed by atoms with Gasteiger partial charge in [-0.2, -0.15) is 0 Å². The Hall–Kier alpha value is -1.13. The molecule has 0 spiro atoms. The summed E-state index contributed by atoms with van der Waals surface area (Å²) in [6, 6.07) is 3.88. The zero-order valence-electron chi connectivity index (χ0n) is 10.7. The van der Waals surface area contributed by atoms with Gasteiger partial charge in [-0.15, -0.1) is 0 Å². The molecule has 0 aromatic heterocycles. The van der Waals surface area contributed by atoms with Crippen LogP contribution < -0.4 is 5.32 Å². The van der Waals surface area contributed by atoms with Gasteiger partial charge in [-0.05, 0) is 39.0 Å².